The van der Waals surface area contributed by atoms with Crippen LogP contribution in [0.4, 0.5) is 5.69 Å². The lowest BCUT2D eigenvalue weighted by atomic mass is 10.3. The first kappa shape index (κ1) is 12.1. The molecule has 0 bridgehead atoms. The second-order valence-electron chi connectivity index (χ2n) is 3.35. The molecule has 2 rings (SSSR count). The SMILES string of the molecule is O=C(O)CC1=NS(=O)(=O)c2cc(Br)ccc2N1. The standard InChI is InChI=1S/C9H7BrN2O4S/c10-5-1-2-6-7(3-5)17(15,16)12-8(11-6)4-9(13)14/h1-3H,4H2,(H,11,12)(H,13,14). The van der Waals surface area contributed by atoms with Crippen LogP contribution in [-0.4, -0.2) is 25.3 Å². The van der Waals surface area contributed by atoms with Gasteiger partial charge in [0.2, 0.25) is 0 Å². The van der Waals surface area contributed by atoms with Crippen LogP contribution >= 0.6 is 15.9 Å². The van der Waals surface area contributed by atoms with Crippen LogP contribution < -0.4 is 5.32 Å². The fraction of sp³-hybridized carbons (Fsp3) is 0.111. The van der Waals surface area contributed by atoms with Crippen molar-refractivity contribution in [1.29, 1.82) is 0 Å². The average molecular weight is 319 g/mol. The zero-order chi connectivity index (χ0) is 12.6. The first-order chi connectivity index (χ1) is 7.88. The number of nitrogens with zero attached hydrogens (tertiary/aromatic N) is 1. The van der Waals surface area contributed by atoms with Crippen molar-refractivity contribution in [2.45, 2.75) is 11.3 Å². The molecule has 0 saturated heterocycles. The second-order valence-corrected chi connectivity index (χ2v) is 5.84. The quantitative estimate of drug-likeness (QED) is 0.860. The van der Waals surface area contributed by atoms with Gasteiger partial charge in [-0.3, -0.25) is 4.79 Å². The van der Waals surface area contributed by atoms with Crippen molar-refractivity contribution < 1.29 is 18.3 Å². The van der Waals surface area contributed by atoms with Crippen LogP contribution in [0.5, 0.6) is 0 Å². The van der Waals surface area contributed by atoms with Crippen molar-refractivity contribution in [3.63, 3.8) is 0 Å². The third-order valence-corrected chi connectivity index (χ3v) is 3.90. The Morgan fingerprint density at radius 3 is 2.82 bits per heavy atom. The molecule has 2 N–H and O–H groups in total. The number of sulfonamides is 1. The van der Waals surface area contributed by atoms with Gasteiger partial charge in [-0.15, -0.1) is 4.40 Å². The number of anilines is 1. The topological polar surface area (TPSA) is 95.8 Å². The first-order valence-electron chi connectivity index (χ1n) is 4.51. The lowest BCUT2D eigenvalue weighted by molar-refractivity contribution is -0.135. The summed E-state index contributed by atoms with van der Waals surface area (Å²) in [5.74, 6) is -1.24. The van der Waals surface area contributed by atoms with E-state index in [0.29, 0.717) is 10.2 Å². The molecule has 0 radical (unpaired) electrons. The minimum atomic E-state index is -3.83. The molecule has 1 aliphatic rings. The van der Waals surface area contributed by atoms with Crippen molar-refractivity contribution in [1.82, 2.24) is 0 Å². The molecule has 0 spiro atoms. The molecule has 0 fully saturated rings. The number of carboxylic acids is 1. The zero-order valence-electron chi connectivity index (χ0n) is 8.34. The molecule has 0 amide bonds. The molecule has 0 saturated carbocycles. The van der Waals surface area contributed by atoms with E-state index in [9.17, 15) is 13.2 Å². The van der Waals surface area contributed by atoms with E-state index in [1.165, 1.54) is 6.07 Å². The Labute approximate surface area is 106 Å². The Hall–Kier alpha value is -1.41. The van der Waals surface area contributed by atoms with E-state index in [1.54, 1.807) is 12.1 Å². The number of hydrogen-bond donors (Lipinski definition) is 2. The third-order valence-electron chi connectivity index (χ3n) is 2.05. The van der Waals surface area contributed by atoms with Crippen molar-refractivity contribution in [2.24, 2.45) is 4.40 Å². The summed E-state index contributed by atoms with van der Waals surface area (Å²) in [6.07, 6.45) is -0.464. The highest BCUT2D eigenvalue weighted by Crippen LogP contribution is 2.30. The van der Waals surface area contributed by atoms with E-state index >= 15 is 0 Å². The fourth-order valence-corrected chi connectivity index (χ4v) is 3.09. The highest BCUT2D eigenvalue weighted by molar-refractivity contribution is 9.10. The summed E-state index contributed by atoms with van der Waals surface area (Å²) in [6, 6.07) is 4.62. The maximum absolute atomic E-state index is 11.8. The Morgan fingerprint density at radius 2 is 2.18 bits per heavy atom. The molecular formula is C9H7BrN2O4S. The Bertz CT molecular complexity index is 624. The Balaban J connectivity index is 2.50. The van der Waals surface area contributed by atoms with E-state index < -0.39 is 22.4 Å². The number of benzene rings is 1. The monoisotopic (exact) mass is 318 g/mol. The molecule has 0 atom stereocenters. The number of aliphatic carboxylic acids is 1. The molecule has 90 valence electrons. The van der Waals surface area contributed by atoms with E-state index in [-0.39, 0.29) is 10.7 Å². The number of rotatable bonds is 2. The van der Waals surface area contributed by atoms with Crippen molar-refractivity contribution in [3.05, 3.63) is 22.7 Å². The van der Waals surface area contributed by atoms with Crippen LogP contribution in [0.25, 0.3) is 0 Å². The fourth-order valence-electron chi connectivity index (χ4n) is 1.41. The van der Waals surface area contributed by atoms with Gasteiger partial charge in [-0.2, -0.15) is 8.42 Å². The summed E-state index contributed by atoms with van der Waals surface area (Å²) < 4.78 is 27.6. The third kappa shape index (κ3) is 2.47. The molecule has 0 aliphatic carbocycles. The lowest BCUT2D eigenvalue weighted by Gasteiger charge is -2.17. The summed E-state index contributed by atoms with van der Waals surface area (Å²) in [5.41, 5.74) is 0.333. The smallest absolute Gasteiger partial charge is 0.311 e. The van der Waals surface area contributed by atoms with Crippen molar-refractivity contribution >= 4 is 43.4 Å². The van der Waals surface area contributed by atoms with Crippen molar-refractivity contribution in [2.75, 3.05) is 5.32 Å². The largest absolute Gasteiger partial charge is 0.481 e. The Kier molecular flexibility index (Phi) is 2.92. The van der Waals surface area contributed by atoms with Crippen LogP contribution in [0.15, 0.2) is 32.0 Å². The van der Waals surface area contributed by atoms with E-state index in [2.05, 4.69) is 25.6 Å². The van der Waals surface area contributed by atoms with Gasteiger partial charge in [0.15, 0.2) is 0 Å². The van der Waals surface area contributed by atoms with Gasteiger partial charge in [0.05, 0.1) is 5.69 Å². The van der Waals surface area contributed by atoms with E-state index in [4.69, 9.17) is 5.11 Å². The number of fused-ring (bicyclic) bond motifs is 1. The summed E-state index contributed by atoms with van der Waals surface area (Å²) >= 11 is 3.16. The van der Waals surface area contributed by atoms with Gasteiger partial charge in [0.25, 0.3) is 10.0 Å². The van der Waals surface area contributed by atoms with Gasteiger partial charge in [-0.25, -0.2) is 0 Å². The molecule has 6 nitrogen and oxygen atoms in total. The molecule has 1 aromatic rings. The minimum absolute atomic E-state index is 0.0287. The number of hydrogen-bond acceptors (Lipinski definition) is 4. The van der Waals surface area contributed by atoms with Gasteiger partial charge in [-0.1, -0.05) is 15.9 Å². The van der Waals surface area contributed by atoms with Crippen LogP contribution in [0, 0.1) is 0 Å². The molecule has 8 heteroatoms. The number of carbonyl (C=O) groups is 1. The summed E-state index contributed by atoms with van der Waals surface area (Å²) in [7, 11) is -3.83. The van der Waals surface area contributed by atoms with Gasteiger partial charge in [0, 0.05) is 4.47 Å². The average Bonchev–Trinajstić information content (AvgIpc) is 2.17. The highest BCUT2D eigenvalue weighted by atomic mass is 79.9. The first-order valence-corrected chi connectivity index (χ1v) is 6.74. The Morgan fingerprint density at radius 1 is 1.47 bits per heavy atom. The lowest BCUT2D eigenvalue weighted by Crippen LogP contribution is -2.23. The van der Waals surface area contributed by atoms with Crippen LogP contribution in [-0.2, 0) is 14.8 Å². The number of nitrogens with one attached hydrogen (secondary N) is 1. The number of amidine groups is 1. The minimum Gasteiger partial charge on any atom is -0.481 e. The molecule has 0 unspecified atom stereocenters. The van der Waals surface area contributed by atoms with E-state index in [1.807, 2.05) is 0 Å². The van der Waals surface area contributed by atoms with E-state index in [0.717, 1.165) is 0 Å². The van der Waals surface area contributed by atoms with Gasteiger partial charge >= 0.3 is 5.97 Å². The molecule has 1 aliphatic heterocycles. The highest BCUT2D eigenvalue weighted by Gasteiger charge is 2.25. The zero-order valence-corrected chi connectivity index (χ0v) is 10.7. The predicted octanol–water partition coefficient (Wildman–Crippen LogP) is 1.44. The summed E-state index contributed by atoms with van der Waals surface area (Å²) in [5, 5.41) is 11.3. The molecule has 0 aromatic heterocycles. The van der Waals surface area contributed by atoms with Gasteiger partial charge in [0.1, 0.15) is 17.2 Å². The van der Waals surface area contributed by atoms with Gasteiger partial charge in [-0.05, 0) is 18.2 Å². The molecule has 1 heterocycles. The van der Waals surface area contributed by atoms with Crippen LogP contribution in [0.3, 0.4) is 0 Å². The second kappa shape index (κ2) is 4.11. The summed E-state index contributed by atoms with van der Waals surface area (Å²) in [6.45, 7) is 0. The van der Waals surface area contributed by atoms with Crippen LogP contribution in [0.1, 0.15) is 6.42 Å². The number of halogens is 1. The predicted molar refractivity (Wildman–Crippen MR) is 64.6 cm³/mol. The molecular weight excluding hydrogens is 312 g/mol. The number of carboxylic acid groups (broad SMARTS) is 1. The maximum Gasteiger partial charge on any atom is 0.311 e. The maximum atomic E-state index is 11.8. The molecule has 17 heavy (non-hydrogen) atoms. The van der Waals surface area contributed by atoms with Crippen molar-refractivity contribution in [3.8, 4) is 0 Å². The molecule has 1 aromatic carbocycles. The van der Waals surface area contributed by atoms with Crippen LogP contribution in [0.2, 0.25) is 0 Å². The van der Waals surface area contributed by atoms with Gasteiger partial charge < -0.3 is 10.4 Å². The normalized spacial score (nSPS) is 16.6. The summed E-state index contributed by atoms with van der Waals surface area (Å²) in [4.78, 5) is 10.6.